The molecule has 2 aliphatic rings. The predicted molar refractivity (Wildman–Crippen MR) is 122 cm³/mol. The van der Waals surface area contributed by atoms with Gasteiger partial charge >= 0.3 is 0 Å². The summed E-state index contributed by atoms with van der Waals surface area (Å²) in [6.07, 6.45) is 6.50. The Balaban J connectivity index is 0.000000671. The van der Waals surface area contributed by atoms with Gasteiger partial charge in [0.1, 0.15) is 12.4 Å². The van der Waals surface area contributed by atoms with Crippen molar-refractivity contribution in [1.82, 2.24) is 10.2 Å². The van der Waals surface area contributed by atoms with Gasteiger partial charge in [0, 0.05) is 13.1 Å². The van der Waals surface area contributed by atoms with Crippen LogP contribution in [-0.2, 0) is 13.0 Å². The lowest BCUT2D eigenvalue weighted by atomic mass is 10.0. The minimum Gasteiger partial charge on any atom is -0.492 e. The Morgan fingerprint density at radius 2 is 1.75 bits per heavy atom. The molecule has 0 bridgehead atoms. The molecule has 1 aromatic rings. The quantitative estimate of drug-likeness (QED) is 0.429. The van der Waals surface area contributed by atoms with E-state index in [1.807, 2.05) is 9.86 Å². The van der Waals surface area contributed by atoms with Crippen LogP contribution in [0, 0.1) is 0 Å². The van der Waals surface area contributed by atoms with E-state index in [0.29, 0.717) is 0 Å². The van der Waals surface area contributed by atoms with Gasteiger partial charge in [0.15, 0.2) is 0 Å². The number of halogens is 2. The number of nitrogens with zero attached hydrogens (tertiary/aromatic N) is 1. The standard InChI is InChI=1S/C17H26N2O.2CH3I/c1-2-9-19(10-3-1)11-12-20-17-7-6-16-14-18-8-4-5-15(16)13-17;2*1-2/h6-7,13,18H,1-5,8-12,14H2;2*1H3. The number of rotatable bonds is 4. The van der Waals surface area contributed by atoms with Crippen LogP contribution in [0.4, 0.5) is 0 Å². The second-order valence-corrected chi connectivity index (χ2v) is 5.96. The molecule has 1 aromatic carbocycles. The normalized spacial score (nSPS) is 17.3. The number of ether oxygens (including phenoxy) is 1. The molecule has 0 atom stereocenters. The predicted octanol–water partition coefficient (Wildman–Crippen LogP) is 4.69. The second kappa shape index (κ2) is 14.6. The Labute approximate surface area is 175 Å². The van der Waals surface area contributed by atoms with Crippen molar-refractivity contribution in [3.63, 3.8) is 0 Å². The largest absolute Gasteiger partial charge is 0.492 e. The van der Waals surface area contributed by atoms with Crippen molar-refractivity contribution in [3.05, 3.63) is 29.3 Å². The number of aryl methyl sites for hydroxylation is 1. The summed E-state index contributed by atoms with van der Waals surface area (Å²) in [6, 6.07) is 6.60. The Morgan fingerprint density at radius 3 is 2.50 bits per heavy atom. The highest BCUT2D eigenvalue weighted by Crippen LogP contribution is 2.21. The third kappa shape index (κ3) is 8.19. The molecule has 0 spiro atoms. The number of alkyl halides is 2. The Hall–Kier alpha value is 0.400. The molecular formula is C19H32I2N2O. The summed E-state index contributed by atoms with van der Waals surface area (Å²) in [6.45, 7) is 6.51. The fourth-order valence-corrected chi connectivity index (χ4v) is 3.20. The molecule has 0 aliphatic carbocycles. The molecule has 1 N–H and O–H groups in total. The fourth-order valence-electron chi connectivity index (χ4n) is 3.20. The average molecular weight is 558 g/mol. The van der Waals surface area contributed by atoms with Crippen molar-refractivity contribution in [2.24, 2.45) is 0 Å². The van der Waals surface area contributed by atoms with E-state index < -0.39 is 0 Å². The van der Waals surface area contributed by atoms with Crippen molar-refractivity contribution in [2.75, 3.05) is 42.6 Å². The van der Waals surface area contributed by atoms with E-state index in [-0.39, 0.29) is 0 Å². The number of piperidine rings is 1. The topological polar surface area (TPSA) is 24.5 Å². The van der Waals surface area contributed by atoms with Gasteiger partial charge in [-0.2, -0.15) is 0 Å². The molecule has 2 aliphatic heterocycles. The summed E-state index contributed by atoms with van der Waals surface area (Å²) >= 11 is 4.30. The molecule has 5 heteroatoms. The first-order valence-electron chi connectivity index (χ1n) is 8.85. The van der Waals surface area contributed by atoms with Crippen LogP contribution in [-0.4, -0.2) is 47.5 Å². The van der Waals surface area contributed by atoms with Gasteiger partial charge in [-0.05, 0) is 78.4 Å². The van der Waals surface area contributed by atoms with Gasteiger partial charge in [0.2, 0.25) is 0 Å². The molecule has 3 rings (SSSR count). The maximum Gasteiger partial charge on any atom is 0.119 e. The van der Waals surface area contributed by atoms with Gasteiger partial charge in [-0.1, -0.05) is 57.7 Å². The molecular weight excluding hydrogens is 526 g/mol. The number of likely N-dealkylation sites (tertiary alicyclic amines) is 1. The first-order valence-corrected chi connectivity index (χ1v) is 13.2. The molecule has 24 heavy (non-hydrogen) atoms. The van der Waals surface area contributed by atoms with Crippen LogP contribution in [0.25, 0.3) is 0 Å². The van der Waals surface area contributed by atoms with E-state index in [9.17, 15) is 0 Å². The zero-order valence-corrected chi connectivity index (χ0v) is 19.4. The van der Waals surface area contributed by atoms with Gasteiger partial charge in [0.25, 0.3) is 0 Å². The van der Waals surface area contributed by atoms with E-state index in [2.05, 4.69) is 73.6 Å². The molecule has 1 fully saturated rings. The van der Waals surface area contributed by atoms with Crippen LogP contribution in [0.15, 0.2) is 18.2 Å². The number of hydrogen-bond donors (Lipinski definition) is 1. The zero-order valence-electron chi connectivity index (χ0n) is 15.1. The summed E-state index contributed by atoms with van der Waals surface area (Å²) in [7, 11) is 0. The molecule has 0 aromatic heterocycles. The Bertz CT molecular complexity index is 437. The second-order valence-electron chi connectivity index (χ2n) is 5.96. The number of hydrogen-bond acceptors (Lipinski definition) is 3. The van der Waals surface area contributed by atoms with Crippen LogP contribution in [0.5, 0.6) is 5.75 Å². The third-order valence-corrected chi connectivity index (χ3v) is 4.42. The molecule has 0 radical (unpaired) electrons. The van der Waals surface area contributed by atoms with Gasteiger partial charge < -0.3 is 10.1 Å². The zero-order chi connectivity index (χ0) is 17.6. The van der Waals surface area contributed by atoms with Gasteiger partial charge in [-0.3, -0.25) is 4.90 Å². The lowest BCUT2D eigenvalue weighted by Gasteiger charge is -2.26. The van der Waals surface area contributed by atoms with E-state index in [1.54, 1.807) is 0 Å². The molecule has 1 saturated heterocycles. The number of fused-ring (bicyclic) bond motifs is 1. The smallest absolute Gasteiger partial charge is 0.119 e. The van der Waals surface area contributed by atoms with E-state index in [1.165, 1.54) is 56.3 Å². The molecule has 3 nitrogen and oxygen atoms in total. The molecule has 0 unspecified atom stereocenters. The van der Waals surface area contributed by atoms with Gasteiger partial charge in [-0.25, -0.2) is 0 Å². The van der Waals surface area contributed by atoms with Crippen LogP contribution in [0.2, 0.25) is 0 Å². The van der Waals surface area contributed by atoms with E-state index in [0.717, 1.165) is 32.0 Å². The van der Waals surface area contributed by atoms with Crippen LogP contribution >= 0.6 is 45.2 Å². The summed E-state index contributed by atoms with van der Waals surface area (Å²) in [5.74, 6) is 1.04. The van der Waals surface area contributed by atoms with E-state index in [4.69, 9.17) is 4.74 Å². The van der Waals surface area contributed by atoms with Crippen LogP contribution in [0.1, 0.15) is 36.8 Å². The maximum atomic E-state index is 5.95. The van der Waals surface area contributed by atoms with Gasteiger partial charge in [-0.15, -0.1) is 0 Å². The minimum absolute atomic E-state index is 0.817. The van der Waals surface area contributed by atoms with Crippen LogP contribution < -0.4 is 10.1 Å². The molecule has 138 valence electrons. The Kier molecular flexibility index (Phi) is 13.6. The summed E-state index contributed by atoms with van der Waals surface area (Å²) < 4.78 is 5.95. The molecule has 2 heterocycles. The molecule has 0 saturated carbocycles. The third-order valence-electron chi connectivity index (χ3n) is 4.42. The van der Waals surface area contributed by atoms with E-state index >= 15 is 0 Å². The minimum atomic E-state index is 0.817. The van der Waals surface area contributed by atoms with Crippen molar-refractivity contribution >= 4 is 45.2 Å². The van der Waals surface area contributed by atoms with Crippen molar-refractivity contribution < 1.29 is 4.74 Å². The first kappa shape index (κ1) is 22.4. The lowest BCUT2D eigenvalue weighted by Crippen LogP contribution is -2.33. The van der Waals surface area contributed by atoms with Crippen molar-refractivity contribution in [1.29, 1.82) is 0 Å². The maximum absolute atomic E-state index is 5.95. The lowest BCUT2D eigenvalue weighted by molar-refractivity contribution is 0.183. The highest BCUT2D eigenvalue weighted by molar-refractivity contribution is 14.1. The highest BCUT2D eigenvalue weighted by atomic mass is 127. The fraction of sp³-hybridized carbons (Fsp3) is 0.684. The summed E-state index contributed by atoms with van der Waals surface area (Å²) in [4.78, 5) is 6.46. The van der Waals surface area contributed by atoms with Crippen molar-refractivity contribution in [3.8, 4) is 5.75 Å². The number of benzene rings is 1. The average Bonchev–Trinajstić information content (AvgIpc) is 2.91. The molecule has 0 amide bonds. The summed E-state index contributed by atoms with van der Waals surface area (Å²) in [5, 5.41) is 3.46. The first-order chi connectivity index (χ1) is 11.9. The van der Waals surface area contributed by atoms with Gasteiger partial charge in [0.05, 0.1) is 0 Å². The monoisotopic (exact) mass is 558 g/mol. The highest BCUT2D eigenvalue weighted by Gasteiger charge is 2.11. The SMILES string of the molecule is CI.CI.c1cc2c(cc1OCCN1CCCCC1)CCCNC2. The van der Waals surface area contributed by atoms with Crippen molar-refractivity contribution in [2.45, 2.75) is 38.6 Å². The van der Waals surface area contributed by atoms with Crippen LogP contribution in [0.3, 0.4) is 0 Å². The summed E-state index contributed by atoms with van der Waals surface area (Å²) in [5.41, 5.74) is 2.90. The number of nitrogens with one attached hydrogen (secondary N) is 1. The Morgan fingerprint density at radius 1 is 1.00 bits per heavy atom.